The Balaban J connectivity index is 1.79. The van der Waals surface area contributed by atoms with Gasteiger partial charge < -0.3 is 14.8 Å². The Morgan fingerprint density at radius 1 is 1.25 bits per heavy atom. The lowest BCUT2D eigenvalue weighted by molar-refractivity contribution is -0.132. The molecule has 0 spiro atoms. The van der Waals surface area contributed by atoms with E-state index in [4.69, 9.17) is 5.26 Å². The Labute approximate surface area is 192 Å². The third-order valence-corrected chi connectivity index (χ3v) is 6.45. The van der Waals surface area contributed by atoms with Crippen LogP contribution in [0.25, 0.3) is 6.08 Å². The average molecular weight is 448 g/mol. The van der Waals surface area contributed by atoms with E-state index in [1.54, 1.807) is 30.3 Å². The molecule has 1 saturated heterocycles. The van der Waals surface area contributed by atoms with E-state index in [0.29, 0.717) is 22.9 Å². The van der Waals surface area contributed by atoms with Gasteiger partial charge in [-0.25, -0.2) is 0 Å². The number of amides is 2. The molecule has 3 rings (SSSR count). The molecule has 8 heteroatoms. The molecule has 0 aliphatic carbocycles. The van der Waals surface area contributed by atoms with E-state index in [9.17, 15) is 14.9 Å². The minimum Gasteiger partial charge on any atom is -0.349 e. The van der Waals surface area contributed by atoms with Gasteiger partial charge in [-0.3, -0.25) is 9.59 Å². The van der Waals surface area contributed by atoms with Crippen molar-refractivity contribution in [2.75, 3.05) is 16.9 Å². The predicted octanol–water partition coefficient (Wildman–Crippen LogP) is 3.83. The first kappa shape index (κ1) is 23.2. The average Bonchev–Trinajstić information content (AvgIpc) is 3.38. The lowest BCUT2D eigenvalue weighted by Crippen LogP contribution is -2.45. The number of anilines is 1. The molecule has 1 aliphatic heterocycles. The van der Waals surface area contributed by atoms with E-state index in [1.807, 2.05) is 32.1 Å². The van der Waals surface area contributed by atoms with Gasteiger partial charge in [0.05, 0.1) is 17.5 Å². The lowest BCUT2D eigenvalue weighted by atomic mass is 10.1. The van der Waals surface area contributed by atoms with Crippen LogP contribution in [0.4, 0.5) is 5.69 Å². The van der Waals surface area contributed by atoms with Crippen molar-refractivity contribution in [2.45, 2.75) is 39.8 Å². The summed E-state index contributed by atoms with van der Waals surface area (Å²) in [6.07, 6.45) is 2.61. The third kappa shape index (κ3) is 4.87. The number of benzene rings is 1. The van der Waals surface area contributed by atoms with Gasteiger partial charge in [0.25, 0.3) is 5.91 Å². The second-order valence-electron chi connectivity index (χ2n) is 7.62. The second-order valence-corrected chi connectivity index (χ2v) is 8.62. The molecule has 7 nitrogen and oxygen atoms in total. The maximum atomic E-state index is 13.2. The summed E-state index contributed by atoms with van der Waals surface area (Å²) in [4.78, 5) is 27.4. The van der Waals surface area contributed by atoms with Crippen molar-refractivity contribution in [3.05, 3.63) is 58.4 Å². The largest absolute Gasteiger partial charge is 0.349 e. The summed E-state index contributed by atoms with van der Waals surface area (Å²) in [5.74, 6) is 0.0414. The number of aryl methyl sites for hydroxylation is 1. The van der Waals surface area contributed by atoms with Crippen LogP contribution in [0.2, 0.25) is 0 Å². The highest BCUT2D eigenvalue weighted by molar-refractivity contribution is 7.99. The number of nitrogens with zero attached hydrogens (tertiary/aromatic N) is 4. The molecule has 2 aromatic rings. The molecule has 1 atom stereocenters. The first-order valence-electron chi connectivity index (χ1n) is 10.4. The molecule has 1 aromatic carbocycles. The number of hydrogen-bond donors (Lipinski definition) is 1. The van der Waals surface area contributed by atoms with E-state index in [1.165, 1.54) is 16.7 Å². The summed E-state index contributed by atoms with van der Waals surface area (Å²) in [7, 11) is 0. The molecule has 0 radical (unpaired) electrons. The smallest absolute Gasteiger partial charge is 0.265 e. The summed E-state index contributed by atoms with van der Waals surface area (Å²) < 4.78 is 2.17. The Morgan fingerprint density at radius 3 is 2.59 bits per heavy atom. The van der Waals surface area contributed by atoms with Crippen LogP contribution in [0.15, 0.2) is 35.9 Å². The third-order valence-electron chi connectivity index (χ3n) is 5.44. The second kappa shape index (κ2) is 10.2. The van der Waals surface area contributed by atoms with Gasteiger partial charge in [-0.05, 0) is 62.2 Å². The Kier molecular flexibility index (Phi) is 7.40. The van der Waals surface area contributed by atoms with E-state index >= 15 is 0 Å². The van der Waals surface area contributed by atoms with Crippen LogP contribution in [0.5, 0.6) is 0 Å². The standard InChI is InChI=1S/C24H25N5O2S/c1-4-9-28-16(2)10-19(17(28)3)11-20(13-26)24(31)29-15-32-14-22(29)23(30)27-21-7-5-18(12-25)6-8-21/h5-8,10-11,22H,4,9,14-15H2,1-3H3,(H,27,30)/b20-11+. The van der Waals surface area contributed by atoms with Crippen LogP contribution >= 0.6 is 11.8 Å². The number of hydrogen-bond acceptors (Lipinski definition) is 5. The highest BCUT2D eigenvalue weighted by atomic mass is 32.2. The van der Waals surface area contributed by atoms with Crippen molar-refractivity contribution >= 4 is 35.3 Å². The summed E-state index contributed by atoms with van der Waals surface area (Å²) in [5, 5.41) is 21.4. The molecule has 1 aromatic heterocycles. The molecule has 1 N–H and O–H groups in total. The number of nitriles is 2. The van der Waals surface area contributed by atoms with E-state index in [2.05, 4.69) is 16.8 Å². The monoisotopic (exact) mass is 447 g/mol. The van der Waals surface area contributed by atoms with Gasteiger partial charge in [0.2, 0.25) is 5.91 Å². The molecular formula is C24H25N5O2S. The lowest BCUT2D eigenvalue weighted by Gasteiger charge is -2.22. The van der Waals surface area contributed by atoms with Gasteiger partial charge in [0, 0.05) is 29.4 Å². The fourth-order valence-corrected chi connectivity index (χ4v) is 4.86. The SMILES string of the molecule is CCCn1c(C)cc(/C=C(\C#N)C(=O)N2CSCC2C(=O)Nc2ccc(C#N)cc2)c1C. The van der Waals surface area contributed by atoms with Crippen molar-refractivity contribution in [3.8, 4) is 12.1 Å². The van der Waals surface area contributed by atoms with Gasteiger partial charge >= 0.3 is 0 Å². The highest BCUT2D eigenvalue weighted by Gasteiger charge is 2.36. The predicted molar refractivity (Wildman–Crippen MR) is 126 cm³/mol. The van der Waals surface area contributed by atoms with Crippen LogP contribution < -0.4 is 5.32 Å². The van der Waals surface area contributed by atoms with Crippen LogP contribution in [0, 0.1) is 36.5 Å². The van der Waals surface area contributed by atoms with Crippen molar-refractivity contribution in [1.82, 2.24) is 9.47 Å². The number of rotatable bonds is 6. The van der Waals surface area contributed by atoms with Gasteiger partial charge in [0.1, 0.15) is 17.7 Å². The molecule has 2 heterocycles. The zero-order chi connectivity index (χ0) is 23.3. The van der Waals surface area contributed by atoms with Crippen LogP contribution in [-0.4, -0.2) is 39.0 Å². The van der Waals surface area contributed by atoms with Gasteiger partial charge in [-0.2, -0.15) is 10.5 Å². The van der Waals surface area contributed by atoms with Crippen LogP contribution in [0.1, 0.15) is 35.9 Å². The van der Waals surface area contributed by atoms with Gasteiger partial charge in [0.15, 0.2) is 0 Å². The zero-order valence-electron chi connectivity index (χ0n) is 18.4. The number of carbonyl (C=O) groups is 2. The van der Waals surface area contributed by atoms with Crippen molar-refractivity contribution < 1.29 is 9.59 Å². The molecule has 32 heavy (non-hydrogen) atoms. The van der Waals surface area contributed by atoms with E-state index in [-0.39, 0.29) is 11.5 Å². The fourth-order valence-electron chi connectivity index (χ4n) is 3.71. The summed E-state index contributed by atoms with van der Waals surface area (Å²) in [5.41, 5.74) is 4.00. The number of aromatic nitrogens is 1. The molecule has 1 aliphatic rings. The van der Waals surface area contributed by atoms with Crippen molar-refractivity contribution in [3.63, 3.8) is 0 Å². The molecule has 1 unspecified atom stereocenters. The number of thioether (sulfide) groups is 1. The molecule has 0 bridgehead atoms. The van der Waals surface area contributed by atoms with E-state index in [0.717, 1.165) is 29.9 Å². The maximum absolute atomic E-state index is 13.2. The zero-order valence-corrected chi connectivity index (χ0v) is 19.2. The Hall–Kier alpha value is -3.49. The van der Waals surface area contributed by atoms with Gasteiger partial charge in [-0.1, -0.05) is 6.92 Å². The van der Waals surface area contributed by atoms with E-state index < -0.39 is 11.9 Å². The molecule has 0 saturated carbocycles. The topological polar surface area (TPSA) is 102 Å². The normalized spacial score (nSPS) is 15.8. The Bertz CT molecular complexity index is 1130. The molecular weight excluding hydrogens is 422 g/mol. The van der Waals surface area contributed by atoms with Crippen LogP contribution in [0.3, 0.4) is 0 Å². The van der Waals surface area contributed by atoms with Crippen molar-refractivity contribution in [2.24, 2.45) is 0 Å². The Morgan fingerprint density at radius 2 is 1.97 bits per heavy atom. The first-order valence-corrected chi connectivity index (χ1v) is 11.5. The minimum atomic E-state index is -0.674. The summed E-state index contributed by atoms with van der Waals surface area (Å²) in [6, 6.07) is 11.9. The highest BCUT2D eigenvalue weighted by Crippen LogP contribution is 2.26. The van der Waals surface area contributed by atoms with Crippen LogP contribution in [-0.2, 0) is 16.1 Å². The summed E-state index contributed by atoms with van der Waals surface area (Å²) >= 11 is 1.47. The molecule has 2 amide bonds. The quantitative estimate of drug-likeness (QED) is 0.536. The van der Waals surface area contributed by atoms with Crippen molar-refractivity contribution in [1.29, 1.82) is 10.5 Å². The van der Waals surface area contributed by atoms with Gasteiger partial charge in [-0.15, -0.1) is 11.8 Å². The fraction of sp³-hybridized carbons (Fsp3) is 0.333. The first-order chi connectivity index (χ1) is 15.4. The number of carbonyl (C=O) groups excluding carboxylic acids is 2. The molecule has 1 fully saturated rings. The number of nitrogens with one attached hydrogen (secondary N) is 1. The minimum absolute atomic E-state index is 0.0143. The molecule has 164 valence electrons. The maximum Gasteiger partial charge on any atom is 0.265 e. The summed E-state index contributed by atoms with van der Waals surface area (Å²) in [6.45, 7) is 6.97.